The molecular formula is C43H50N3+. The van der Waals surface area contributed by atoms with E-state index in [1.165, 1.54) is 61.6 Å². The summed E-state index contributed by atoms with van der Waals surface area (Å²) in [4.78, 5) is 4.85. The first-order valence-corrected chi connectivity index (χ1v) is 17.0. The van der Waals surface area contributed by atoms with Gasteiger partial charge in [0.15, 0.2) is 12.3 Å². The molecule has 0 heterocycles. The van der Waals surface area contributed by atoms with E-state index in [0.717, 1.165) is 39.3 Å². The highest BCUT2D eigenvalue weighted by Gasteiger charge is 2.18. The highest BCUT2D eigenvalue weighted by atomic mass is 15.1. The van der Waals surface area contributed by atoms with Gasteiger partial charge in [0.1, 0.15) is 6.54 Å². The predicted molar refractivity (Wildman–Crippen MR) is 199 cm³/mol. The number of aryl methyl sites for hydroxylation is 2. The van der Waals surface area contributed by atoms with Gasteiger partial charge in [-0.3, -0.25) is 0 Å². The van der Waals surface area contributed by atoms with Gasteiger partial charge in [-0.1, -0.05) is 72.3 Å². The molecule has 3 heteroatoms. The third-order valence-corrected chi connectivity index (χ3v) is 9.09. The number of benzene rings is 4. The third kappa shape index (κ3) is 7.77. The molecule has 0 bridgehead atoms. The largest absolute Gasteiger partial charge is 0.372 e. The standard InChI is InChI=1S/C43H50N3/c1-7-44(8-2)41-27-28-42(34(6)30-41)43(37-19-23-39(24-20-37)45(9-3)31-35-16-12-11-13-17-35)38-21-25-40(26-22-38)46(10-4)32-36-18-14-15-33(5)29-36/h11-30H,7-10,31-32H2,1-6H3/q+1. The molecule has 4 aromatic carbocycles. The summed E-state index contributed by atoms with van der Waals surface area (Å²) in [6.45, 7) is 19.0. The normalized spacial score (nSPS) is 12.4. The van der Waals surface area contributed by atoms with E-state index in [-0.39, 0.29) is 0 Å². The highest BCUT2D eigenvalue weighted by Crippen LogP contribution is 2.34. The van der Waals surface area contributed by atoms with Crippen LogP contribution in [0.25, 0.3) is 5.57 Å². The molecule has 0 atom stereocenters. The second-order valence-corrected chi connectivity index (χ2v) is 12.1. The minimum Gasteiger partial charge on any atom is -0.372 e. The van der Waals surface area contributed by atoms with Crippen LogP contribution in [-0.2, 0) is 13.1 Å². The smallest absolute Gasteiger partial charge is 0.200 e. The topological polar surface area (TPSA) is 9.49 Å². The van der Waals surface area contributed by atoms with Gasteiger partial charge in [0.2, 0.25) is 0 Å². The average Bonchev–Trinajstić information content (AvgIpc) is 3.09. The van der Waals surface area contributed by atoms with E-state index >= 15 is 0 Å². The maximum absolute atomic E-state index is 2.45. The maximum atomic E-state index is 2.45. The first-order chi connectivity index (χ1) is 22.4. The fraction of sp³-hybridized carbons (Fsp3) is 0.279. The van der Waals surface area contributed by atoms with Crippen molar-refractivity contribution in [3.05, 3.63) is 160 Å². The molecule has 0 saturated heterocycles. The summed E-state index contributed by atoms with van der Waals surface area (Å²) in [5.74, 6) is 0. The maximum Gasteiger partial charge on any atom is 0.200 e. The zero-order valence-electron chi connectivity index (χ0n) is 28.6. The molecule has 0 aliphatic heterocycles. The summed E-state index contributed by atoms with van der Waals surface area (Å²) in [5.41, 5.74) is 14.1. The second kappa shape index (κ2) is 15.6. The lowest BCUT2D eigenvalue weighted by Gasteiger charge is -2.25. The van der Waals surface area contributed by atoms with Gasteiger partial charge in [-0.15, -0.1) is 0 Å². The molecule has 0 unspecified atom stereocenters. The Balaban J connectivity index is 1.53. The van der Waals surface area contributed by atoms with Gasteiger partial charge in [-0.25, -0.2) is 4.58 Å². The average molecular weight is 609 g/mol. The summed E-state index contributed by atoms with van der Waals surface area (Å²) in [6.07, 6.45) is 9.20. The molecule has 0 radical (unpaired) electrons. The van der Waals surface area contributed by atoms with Gasteiger partial charge in [-0.05, 0) is 117 Å². The summed E-state index contributed by atoms with van der Waals surface area (Å²) >= 11 is 0. The molecule has 4 aromatic rings. The van der Waals surface area contributed by atoms with Crippen LogP contribution in [0.1, 0.15) is 61.1 Å². The number of hydrogen-bond donors (Lipinski definition) is 0. The minimum absolute atomic E-state index is 0.900. The van der Waals surface area contributed by atoms with Crippen molar-refractivity contribution in [2.75, 3.05) is 36.0 Å². The Morgan fingerprint density at radius 2 is 1.26 bits per heavy atom. The Morgan fingerprint density at radius 1 is 0.609 bits per heavy atom. The van der Waals surface area contributed by atoms with E-state index in [0.29, 0.717) is 0 Å². The van der Waals surface area contributed by atoms with Crippen molar-refractivity contribution in [1.82, 2.24) is 0 Å². The highest BCUT2D eigenvalue weighted by molar-refractivity contribution is 6.04. The van der Waals surface area contributed by atoms with Crippen molar-refractivity contribution in [3.8, 4) is 0 Å². The molecule has 0 spiro atoms. The minimum atomic E-state index is 0.900. The predicted octanol–water partition coefficient (Wildman–Crippen LogP) is 9.78. The molecule has 0 aromatic heterocycles. The van der Waals surface area contributed by atoms with Gasteiger partial charge in [-0.2, -0.15) is 0 Å². The van der Waals surface area contributed by atoms with Gasteiger partial charge >= 0.3 is 0 Å². The first kappa shape index (κ1) is 32.8. The van der Waals surface area contributed by atoms with Gasteiger partial charge in [0.05, 0.1) is 0 Å². The van der Waals surface area contributed by atoms with Crippen LogP contribution in [0, 0.1) is 13.8 Å². The number of anilines is 2. The second-order valence-electron chi connectivity index (χ2n) is 12.1. The molecule has 0 fully saturated rings. The molecule has 1 aliphatic carbocycles. The molecule has 5 rings (SSSR count). The first-order valence-electron chi connectivity index (χ1n) is 17.0. The van der Waals surface area contributed by atoms with Crippen molar-refractivity contribution >= 4 is 22.7 Å². The van der Waals surface area contributed by atoms with E-state index < -0.39 is 0 Å². The van der Waals surface area contributed by atoms with E-state index in [4.69, 9.17) is 0 Å². The van der Waals surface area contributed by atoms with Crippen molar-refractivity contribution in [2.24, 2.45) is 0 Å². The van der Waals surface area contributed by atoms with Crippen molar-refractivity contribution < 1.29 is 4.58 Å². The van der Waals surface area contributed by atoms with Crippen molar-refractivity contribution in [1.29, 1.82) is 0 Å². The molecule has 0 N–H and O–H groups in total. The third-order valence-electron chi connectivity index (χ3n) is 9.09. The molecule has 236 valence electrons. The van der Waals surface area contributed by atoms with Crippen LogP contribution >= 0.6 is 0 Å². The Bertz CT molecular complexity index is 1720. The van der Waals surface area contributed by atoms with Crippen LogP contribution in [0.15, 0.2) is 127 Å². The van der Waals surface area contributed by atoms with Crippen LogP contribution < -0.4 is 9.80 Å². The van der Waals surface area contributed by atoms with Gasteiger partial charge in [0, 0.05) is 55.3 Å². The van der Waals surface area contributed by atoms with Crippen molar-refractivity contribution in [3.63, 3.8) is 0 Å². The number of allylic oxidation sites excluding steroid dienone is 5. The summed E-state index contributed by atoms with van der Waals surface area (Å²) in [7, 11) is 0. The van der Waals surface area contributed by atoms with Crippen LogP contribution in [0.5, 0.6) is 0 Å². The zero-order chi connectivity index (χ0) is 32.5. The molecule has 0 saturated carbocycles. The zero-order valence-corrected chi connectivity index (χ0v) is 28.6. The summed E-state index contributed by atoms with van der Waals surface area (Å²) in [6, 6.07) is 35.7. The Hall–Kier alpha value is -4.63. The lowest BCUT2D eigenvalue weighted by Crippen LogP contribution is -2.22. The summed E-state index contributed by atoms with van der Waals surface area (Å²) in [5, 5.41) is 0. The number of rotatable bonds is 12. The van der Waals surface area contributed by atoms with Gasteiger partial charge < -0.3 is 9.80 Å². The van der Waals surface area contributed by atoms with E-state index in [9.17, 15) is 0 Å². The van der Waals surface area contributed by atoms with Crippen molar-refractivity contribution in [2.45, 2.75) is 54.6 Å². The Kier molecular flexibility index (Phi) is 11.1. The molecule has 0 amide bonds. The SMILES string of the molecule is CCN(CC)c1ccc(C(=C2C=CC(=[N+](CC)Cc3cccc(C)c3)C=C2)c2ccc(N(CC)Cc3ccccc3)cc2)c(C)c1. The monoisotopic (exact) mass is 608 g/mol. The number of hydrogen-bond acceptors (Lipinski definition) is 2. The fourth-order valence-electron chi connectivity index (χ4n) is 6.48. The fourth-order valence-corrected chi connectivity index (χ4v) is 6.48. The number of nitrogens with zero attached hydrogens (tertiary/aromatic N) is 3. The van der Waals surface area contributed by atoms with Crippen LogP contribution in [-0.4, -0.2) is 36.5 Å². The van der Waals surface area contributed by atoms with E-state index in [1.807, 2.05) is 0 Å². The van der Waals surface area contributed by atoms with Crippen LogP contribution in [0.4, 0.5) is 11.4 Å². The molecule has 46 heavy (non-hydrogen) atoms. The molecule has 1 aliphatic rings. The Labute approximate surface area is 277 Å². The van der Waals surface area contributed by atoms with Crippen LogP contribution in [0.3, 0.4) is 0 Å². The van der Waals surface area contributed by atoms with E-state index in [1.54, 1.807) is 0 Å². The van der Waals surface area contributed by atoms with E-state index in [2.05, 4.69) is 177 Å². The molecular weight excluding hydrogens is 558 g/mol. The lowest BCUT2D eigenvalue weighted by molar-refractivity contribution is -0.539. The quantitative estimate of drug-likeness (QED) is 0.148. The summed E-state index contributed by atoms with van der Waals surface area (Å²) < 4.78 is 2.45. The molecule has 3 nitrogen and oxygen atoms in total. The lowest BCUT2D eigenvalue weighted by atomic mass is 9.88. The van der Waals surface area contributed by atoms with Crippen LogP contribution in [0.2, 0.25) is 0 Å². The van der Waals surface area contributed by atoms with Gasteiger partial charge in [0.25, 0.3) is 0 Å². The Morgan fingerprint density at radius 3 is 1.87 bits per heavy atom.